The van der Waals surface area contributed by atoms with Crippen molar-refractivity contribution in [1.82, 2.24) is 0 Å². The second-order valence-electron chi connectivity index (χ2n) is 4.36. The Morgan fingerprint density at radius 3 is 2.48 bits per heavy atom. The van der Waals surface area contributed by atoms with E-state index in [1.165, 1.54) is 6.08 Å². The van der Waals surface area contributed by atoms with E-state index in [9.17, 15) is 4.79 Å². The van der Waals surface area contributed by atoms with Crippen LogP contribution < -0.4 is 5.32 Å². The first-order valence-corrected chi connectivity index (χ1v) is 7.64. The van der Waals surface area contributed by atoms with Gasteiger partial charge in [-0.2, -0.15) is 0 Å². The lowest BCUT2D eigenvalue weighted by Crippen LogP contribution is -2.07. The van der Waals surface area contributed by atoms with Gasteiger partial charge in [-0.3, -0.25) is 4.79 Å². The maximum atomic E-state index is 11.8. The molecule has 21 heavy (non-hydrogen) atoms. The third kappa shape index (κ3) is 5.32. The number of carbonyl (C=O) groups is 1. The highest BCUT2D eigenvalue weighted by Crippen LogP contribution is 2.20. The van der Waals surface area contributed by atoms with Crippen LogP contribution in [0.5, 0.6) is 0 Å². The molecule has 0 saturated heterocycles. The lowest BCUT2D eigenvalue weighted by molar-refractivity contribution is -0.111. The highest BCUT2D eigenvalue weighted by Gasteiger charge is 1.98. The van der Waals surface area contributed by atoms with Crippen LogP contribution in [0, 0.1) is 0 Å². The van der Waals surface area contributed by atoms with E-state index >= 15 is 0 Å². The summed E-state index contributed by atoms with van der Waals surface area (Å²) < 4.78 is 0. The van der Waals surface area contributed by atoms with Gasteiger partial charge in [0.15, 0.2) is 0 Å². The van der Waals surface area contributed by atoms with Crippen LogP contribution in [0.15, 0.2) is 78.2 Å². The molecule has 2 aromatic rings. The molecule has 106 valence electrons. The summed E-state index contributed by atoms with van der Waals surface area (Å²) in [5.74, 6) is 0.747. The molecule has 0 aliphatic heterocycles. The van der Waals surface area contributed by atoms with E-state index in [0.29, 0.717) is 0 Å². The van der Waals surface area contributed by atoms with Crippen molar-refractivity contribution >= 4 is 29.4 Å². The van der Waals surface area contributed by atoms with Gasteiger partial charge in [-0.25, -0.2) is 0 Å². The molecule has 0 aliphatic carbocycles. The summed E-state index contributed by atoms with van der Waals surface area (Å²) in [7, 11) is 0. The van der Waals surface area contributed by atoms with Gasteiger partial charge in [0.2, 0.25) is 5.91 Å². The number of carbonyl (C=O) groups excluding carboxylic acids is 1. The molecule has 0 atom stereocenters. The first-order chi connectivity index (χ1) is 10.3. The molecule has 3 heteroatoms. The zero-order valence-electron chi connectivity index (χ0n) is 11.7. The van der Waals surface area contributed by atoms with E-state index < -0.39 is 0 Å². The Morgan fingerprint density at radius 1 is 1.10 bits per heavy atom. The van der Waals surface area contributed by atoms with Crippen LogP contribution in [0.3, 0.4) is 0 Å². The topological polar surface area (TPSA) is 29.1 Å². The van der Waals surface area contributed by atoms with Gasteiger partial charge < -0.3 is 5.32 Å². The molecular formula is C18H17NOS. The molecule has 0 spiro atoms. The largest absolute Gasteiger partial charge is 0.323 e. The average molecular weight is 295 g/mol. The van der Waals surface area contributed by atoms with Crippen molar-refractivity contribution in [3.63, 3.8) is 0 Å². The fourth-order valence-electron chi connectivity index (χ4n) is 1.71. The SMILES string of the molecule is C=CCSc1ccc(NC(=O)C=Cc2ccccc2)cc1. The van der Waals surface area contributed by atoms with Gasteiger partial charge in [0.1, 0.15) is 0 Å². The molecule has 0 radical (unpaired) electrons. The summed E-state index contributed by atoms with van der Waals surface area (Å²) >= 11 is 1.71. The molecule has 1 amide bonds. The first kappa shape index (κ1) is 15.1. The molecule has 0 heterocycles. The first-order valence-electron chi connectivity index (χ1n) is 6.66. The molecule has 0 unspecified atom stereocenters. The van der Waals surface area contributed by atoms with E-state index in [4.69, 9.17) is 0 Å². The molecule has 1 N–H and O–H groups in total. The highest BCUT2D eigenvalue weighted by atomic mass is 32.2. The summed E-state index contributed by atoms with van der Waals surface area (Å²) in [6.45, 7) is 3.69. The Hall–Kier alpha value is -2.26. The number of hydrogen-bond donors (Lipinski definition) is 1. The van der Waals surface area contributed by atoms with Gasteiger partial charge >= 0.3 is 0 Å². The number of amides is 1. The van der Waals surface area contributed by atoms with E-state index in [-0.39, 0.29) is 5.91 Å². The maximum absolute atomic E-state index is 11.8. The van der Waals surface area contributed by atoms with Crippen molar-refractivity contribution in [2.24, 2.45) is 0 Å². The van der Waals surface area contributed by atoms with Gasteiger partial charge in [0, 0.05) is 22.4 Å². The van der Waals surface area contributed by atoms with Crippen LogP contribution >= 0.6 is 11.8 Å². The third-order valence-electron chi connectivity index (χ3n) is 2.72. The second kappa shape index (κ2) is 8.12. The van der Waals surface area contributed by atoms with Gasteiger partial charge in [-0.1, -0.05) is 36.4 Å². The summed E-state index contributed by atoms with van der Waals surface area (Å²) in [4.78, 5) is 13.0. The Morgan fingerprint density at radius 2 is 1.81 bits per heavy atom. The third-order valence-corrected chi connectivity index (χ3v) is 3.72. The summed E-state index contributed by atoms with van der Waals surface area (Å²) in [6, 6.07) is 17.5. The van der Waals surface area contributed by atoms with Crippen molar-refractivity contribution < 1.29 is 4.79 Å². The molecule has 0 bridgehead atoms. The number of thioether (sulfide) groups is 1. The van der Waals surface area contributed by atoms with E-state index in [1.807, 2.05) is 60.7 Å². The summed E-state index contributed by atoms with van der Waals surface area (Å²) in [5.41, 5.74) is 1.80. The maximum Gasteiger partial charge on any atom is 0.248 e. The number of nitrogens with one attached hydrogen (secondary N) is 1. The van der Waals surface area contributed by atoms with Gasteiger partial charge in [-0.05, 0) is 35.9 Å². The minimum Gasteiger partial charge on any atom is -0.323 e. The summed E-state index contributed by atoms with van der Waals surface area (Å²) in [5, 5.41) is 2.84. The minimum absolute atomic E-state index is 0.134. The van der Waals surface area contributed by atoms with Crippen molar-refractivity contribution in [3.8, 4) is 0 Å². The van der Waals surface area contributed by atoms with Crippen LogP contribution in [-0.4, -0.2) is 11.7 Å². The Balaban J connectivity index is 1.90. The zero-order chi connectivity index (χ0) is 14.9. The molecule has 2 nitrogen and oxygen atoms in total. The second-order valence-corrected chi connectivity index (χ2v) is 5.45. The summed E-state index contributed by atoms with van der Waals surface area (Å²) in [6.07, 6.45) is 5.20. The van der Waals surface area contributed by atoms with Crippen molar-refractivity contribution in [2.45, 2.75) is 4.90 Å². The number of benzene rings is 2. The molecular weight excluding hydrogens is 278 g/mol. The molecule has 0 aliphatic rings. The normalized spacial score (nSPS) is 10.5. The molecule has 0 saturated carbocycles. The van der Waals surface area contributed by atoms with E-state index in [0.717, 1.165) is 21.9 Å². The van der Waals surface area contributed by atoms with Gasteiger partial charge in [-0.15, -0.1) is 18.3 Å². The Labute approximate surface area is 129 Å². The molecule has 2 aromatic carbocycles. The molecule has 0 fully saturated rings. The van der Waals surface area contributed by atoms with Crippen LogP contribution in [0.25, 0.3) is 6.08 Å². The van der Waals surface area contributed by atoms with Crippen molar-refractivity contribution in [3.05, 3.63) is 78.9 Å². The van der Waals surface area contributed by atoms with Gasteiger partial charge in [0.05, 0.1) is 0 Å². The number of anilines is 1. The average Bonchev–Trinajstić information content (AvgIpc) is 2.53. The lowest BCUT2D eigenvalue weighted by Gasteiger charge is -2.03. The number of hydrogen-bond acceptors (Lipinski definition) is 2. The fourth-order valence-corrected chi connectivity index (χ4v) is 2.35. The predicted molar refractivity (Wildman–Crippen MR) is 91.5 cm³/mol. The van der Waals surface area contributed by atoms with Crippen molar-refractivity contribution in [2.75, 3.05) is 11.1 Å². The quantitative estimate of drug-likeness (QED) is 0.479. The zero-order valence-corrected chi connectivity index (χ0v) is 12.5. The van der Waals surface area contributed by atoms with Gasteiger partial charge in [0.25, 0.3) is 0 Å². The predicted octanol–water partition coefficient (Wildman–Crippen LogP) is 4.62. The highest BCUT2D eigenvalue weighted by molar-refractivity contribution is 7.99. The van der Waals surface area contributed by atoms with Crippen molar-refractivity contribution in [1.29, 1.82) is 0 Å². The van der Waals surface area contributed by atoms with E-state index in [1.54, 1.807) is 17.8 Å². The fraction of sp³-hybridized carbons (Fsp3) is 0.0556. The monoisotopic (exact) mass is 295 g/mol. The van der Waals surface area contributed by atoms with Crippen LogP contribution in [0.4, 0.5) is 5.69 Å². The Bertz CT molecular complexity index is 617. The Kier molecular flexibility index (Phi) is 5.85. The molecule has 2 rings (SSSR count). The van der Waals surface area contributed by atoms with Crippen LogP contribution in [0.1, 0.15) is 5.56 Å². The minimum atomic E-state index is -0.134. The molecule has 0 aromatic heterocycles. The standard InChI is InChI=1S/C18H17NOS/c1-2-14-21-17-11-9-16(10-12-17)19-18(20)13-8-15-6-4-3-5-7-15/h2-13H,1,14H2,(H,19,20). The van der Waals surface area contributed by atoms with Crippen LogP contribution in [0.2, 0.25) is 0 Å². The van der Waals surface area contributed by atoms with Crippen LogP contribution in [-0.2, 0) is 4.79 Å². The smallest absolute Gasteiger partial charge is 0.248 e. The lowest BCUT2D eigenvalue weighted by atomic mass is 10.2. The number of rotatable bonds is 6. The van der Waals surface area contributed by atoms with E-state index in [2.05, 4.69) is 11.9 Å².